The molecule has 0 spiro atoms. The van der Waals surface area contributed by atoms with Gasteiger partial charge in [-0.15, -0.1) is 0 Å². The molecule has 2 aliphatic heterocycles. The Bertz CT molecular complexity index is 508. The fourth-order valence-electron chi connectivity index (χ4n) is 3.60. The van der Waals surface area contributed by atoms with Crippen LogP contribution in [0.15, 0.2) is 12.3 Å². The first kappa shape index (κ1) is 13.5. The van der Waals surface area contributed by atoms with E-state index in [0.717, 1.165) is 13.0 Å². The molecular formula is C15H24N4O. The minimum Gasteiger partial charge on any atom is -0.397 e. The van der Waals surface area contributed by atoms with E-state index in [1.54, 1.807) is 6.07 Å². The lowest BCUT2D eigenvalue weighted by Crippen LogP contribution is -2.43. The predicted molar refractivity (Wildman–Crippen MR) is 79.7 cm³/mol. The third-order valence-electron chi connectivity index (χ3n) is 4.58. The summed E-state index contributed by atoms with van der Waals surface area (Å²) in [6.45, 7) is 6.42. The minimum atomic E-state index is 0.00847. The summed E-state index contributed by atoms with van der Waals surface area (Å²) in [4.78, 5) is 15.0. The van der Waals surface area contributed by atoms with Crippen LogP contribution in [0.5, 0.6) is 0 Å². The third-order valence-corrected chi connectivity index (χ3v) is 4.58. The first-order chi connectivity index (χ1) is 9.56. The molecule has 3 heterocycles. The summed E-state index contributed by atoms with van der Waals surface area (Å²) in [5, 5.41) is 3.22. The van der Waals surface area contributed by atoms with Gasteiger partial charge in [-0.25, -0.2) is 0 Å². The molecule has 110 valence electrons. The van der Waals surface area contributed by atoms with Crippen molar-refractivity contribution in [3.63, 3.8) is 0 Å². The smallest absolute Gasteiger partial charge is 0.268 e. The zero-order valence-electron chi connectivity index (χ0n) is 12.3. The van der Waals surface area contributed by atoms with Crippen LogP contribution in [0.25, 0.3) is 0 Å². The number of nitrogens with two attached hydrogens (primary N) is 1. The van der Waals surface area contributed by atoms with Crippen LogP contribution in [0.4, 0.5) is 5.69 Å². The van der Waals surface area contributed by atoms with E-state index in [9.17, 15) is 4.79 Å². The fourth-order valence-corrected chi connectivity index (χ4v) is 3.60. The van der Waals surface area contributed by atoms with Crippen molar-refractivity contribution in [2.45, 2.75) is 51.2 Å². The SMILES string of the molecule is CC(C)n1cc(N)cc1C(=O)NC1CCN2CCCC12. The second-order valence-electron chi connectivity index (χ2n) is 6.27. The first-order valence-corrected chi connectivity index (χ1v) is 7.58. The lowest BCUT2D eigenvalue weighted by molar-refractivity contribution is 0.0918. The molecule has 2 unspecified atom stereocenters. The highest BCUT2D eigenvalue weighted by atomic mass is 16.2. The van der Waals surface area contributed by atoms with Crippen LogP contribution in [0.1, 0.15) is 49.6 Å². The van der Waals surface area contributed by atoms with Gasteiger partial charge in [0, 0.05) is 30.9 Å². The lowest BCUT2D eigenvalue weighted by atomic mass is 10.1. The Balaban J connectivity index is 1.73. The van der Waals surface area contributed by atoms with Gasteiger partial charge in [0.1, 0.15) is 5.69 Å². The Kier molecular flexibility index (Phi) is 3.46. The Hall–Kier alpha value is -1.49. The molecule has 0 saturated carbocycles. The molecule has 3 N–H and O–H groups in total. The van der Waals surface area contributed by atoms with Crippen LogP contribution in [-0.2, 0) is 0 Å². The molecule has 5 nitrogen and oxygen atoms in total. The number of nitrogens with one attached hydrogen (secondary N) is 1. The largest absolute Gasteiger partial charge is 0.397 e. The van der Waals surface area contributed by atoms with Gasteiger partial charge in [0.25, 0.3) is 5.91 Å². The van der Waals surface area contributed by atoms with Crippen molar-refractivity contribution in [1.29, 1.82) is 0 Å². The summed E-state index contributed by atoms with van der Waals surface area (Å²) in [5.74, 6) is 0.00847. The van der Waals surface area contributed by atoms with Gasteiger partial charge >= 0.3 is 0 Å². The first-order valence-electron chi connectivity index (χ1n) is 7.58. The number of fused-ring (bicyclic) bond motifs is 1. The average Bonchev–Trinajstić information content (AvgIpc) is 3.05. The molecule has 0 aromatic carbocycles. The average molecular weight is 276 g/mol. The van der Waals surface area contributed by atoms with Gasteiger partial charge in [0.2, 0.25) is 0 Å². The van der Waals surface area contributed by atoms with E-state index >= 15 is 0 Å². The van der Waals surface area contributed by atoms with E-state index < -0.39 is 0 Å². The quantitative estimate of drug-likeness (QED) is 0.882. The molecule has 0 bridgehead atoms. The minimum absolute atomic E-state index is 0.00847. The standard InChI is InChI=1S/C15H24N4O/c1-10(2)19-9-11(16)8-14(19)15(20)17-12-5-7-18-6-3-4-13(12)18/h8-10,12-13H,3-7,16H2,1-2H3,(H,17,20). The highest BCUT2D eigenvalue weighted by Gasteiger charge is 2.38. The summed E-state index contributed by atoms with van der Waals surface area (Å²) < 4.78 is 1.95. The van der Waals surface area contributed by atoms with Crippen molar-refractivity contribution >= 4 is 11.6 Å². The van der Waals surface area contributed by atoms with E-state index in [1.165, 1.54) is 19.4 Å². The van der Waals surface area contributed by atoms with Crippen LogP contribution >= 0.6 is 0 Å². The Morgan fingerprint density at radius 1 is 1.40 bits per heavy atom. The van der Waals surface area contributed by atoms with Crippen molar-refractivity contribution in [2.75, 3.05) is 18.8 Å². The van der Waals surface area contributed by atoms with Crippen LogP contribution < -0.4 is 11.1 Å². The van der Waals surface area contributed by atoms with E-state index in [-0.39, 0.29) is 11.9 Å². The molecule has 2 saturated heterocycles. The van der Waals surface area contributed by atoms with Crippen molar-refractivity contribution in [2.24, 2.45) is 0 Å². The number of nitrogen functional groups attached to an aromatic ring is 1. The molecule has 1 aromatic heterocycles. The molecule has 3 rings (SSSR count). The molecule has 20 heavy (non-hydrogen) atoms. The van der Waals surface area contributed by atoms with Gasteiger partial charge in [0.15, 0.2) is 0 Å². The van der Waals surface area contributed by atoms with Gasteiger partial charge in [-0.05, 0) is 45.7 Å². The number of nitrogens with zero attached hydrogens (tertiary/aromatic N) is 2. The molecule has 0 aliphatic carbocycles. The highest BCUT2D eigenvalue weighted by Crippen LogP contribution is 2.28. The summed E-state index contributed by atoms with van der Waals surface area (Å²) in [6.07, 6.45) is 5.37. The zero-order valence-corrected chi connectivity index (χ0v) is 12.3. The molecule has 0 radical (unpaired) electrons. The molecule has 5 heteroatoms. The second kappa shape index (κ2) is 5.13. The highest BCUT2D eigenvalue weighted by molar-refractivity contribution is 5.94. The maximum Gasteiger partial charge on any atom is 0.268 e. The second-order valence-corrected chi connectivity index (χ2v) is 6.27. The van der Waals surface area contributed by atoms with Gasteiger partial charge in [-0.1, -0.05) is 0 Å². The summed E-state index contributed by atoms with van der Waals surface area (Å²) in [6, 6.07) is 2.84. The number of hydrogen-bond donors (Lipinski definition) is 2. The maximum absolute atomic E-state index is 12.5. The van der Waals surface area contributed by atoms with Crippen molar-refractivity contribution in [1.82, 2.24) is 14.8 Å². The monoisotopic (exact) mass is 276 g/mol. The Morgan fingerprint density at radius 2 is 2.20 bits per heavy atom. The normalized spacial score (nSPS) is 26.1. The Labute approximate surface area is 120 Å². The van der Waals surface area contributed by atoms with Crippen LogP contribution in [0, 0.1) is 0 Å². The topological polar surface area (TPSA) is 63.3 Å². The third kappa shape index (κ3) is 2.30. The van der Waals surface area contributed by atoms with E-state index in [0.29, 0.717) is 23.5 Å². The van der Waals surface area contributed by atoms with Gasteiger partial charge in [-0.2, -0.15) is 0 Å². The van der Waals surface area contributed by atoms with Gasteiger partial charge < -0.3 is 15.6 Å². The number of anilines is 1. The maximum atomic E-state index is 12.5. The molecule has 1 aromatic rings. The summed E-state index contributed by atoms with van der Waals surface area (Å²) in [7, 11) is 0. The lowest BCUT2D eigenvalue weighted by Gasteiger charge is -2.22. The van der Waals surface area contributed by atoms with Crippen molar-refractivity contribution < 1.29 is 4.79 Å². The summed E-state index contributed by atoms with van der Waals surface area (Å²) in [5.41, 5.74) is 7.17. The molecule has 2 atom stereocenters. The number of amides is 1. The van der Waals surface area contributed by atoms with E-state index in [1.807, 2.05) is 10.8 Å². The van der Waals surface area contributed by atoms with E-state index in [4.69, 9.17) is 5.73 Å². The molecular weight excluding hydrogens is 252 g/mol. The Morgan fingerprint density at radius 3 is 2.95 bits per heavy atom. The number of carbonyl (C=O) groups excluding carboxylic acids is 1. The molecule has 1 amide bonds. The van der Waals surface area contributed by atoms with Crippen molar-refractivity contribution in [3.8, 4) is 0 Å². The number of aromatic nitrogens is 1. The number of hydrogen-bond acceptors (Lipinski definition) is 3. The number of carbonyl (C=O) groups is 1. The molecule has 2 fully saturated rings. The van der Waals surface area contributed by atoms with Crippen LogP contribution in [-0.4, -0.2) is 40.5 Å². The van der Waals surface area contributed by atoms with Crippen LogP contribution in [0.3, 0.4) is 0 Å². The van der Waals surface area contributed by atoms with Crippen LogP contribution in [0.2, 0.25) is 0 Å². The predicted octanol–water partition coefficient (Wildman–Crippen LogP) is 1.62. The van der Waals surface area contributed by atoms with Crippen molar-refractivity contribution in [3.05, 3.63) is 18.0 Å². The summed E-state index contributed by atoms with van der Waals surface area (Å²) >= 11 is 0. The number of rotatable bonds is 3. The fraction of sp³-hybridized carbons (Fsp3) is 0.667. The zero-order chi connectivity index (χ0) is 14.3. The molecule has 2 aliphatic rings. The van der Waals surface area contributed by atoms with Gasteiger partial charge in [0.05, 0.1) is 5.69 Å². The van der Waals surface area contributed by atoms with Gasteiger partial charge in [-0.3, -0.25) is 9.69 Å². The van der Waals surface area contributed by atoms with E-state index in [2.05, 4.69) is 24.1 Å².